The van der Waals surface area contributed by atoms with Crippen molar-refractivity contribution in [2.24, 2.45) is 5.41 Å². The van der Waals surface area contributed by atoms with Gasteiger partial charge in [-0.3, -0.25) is 4.79 Å². The lowest BCUT2D eigenvalue weighted by molar-refractivity contribution is 0.0713. The highest BCUT2D eigenvalue weighted by molar-refractivity contribution is 5.92. The maximum absolute atomic E-state index is 12.3. The Kier molecular flexibility index (Phi) is 5.24. The van der Waals surface area contributed by atoms with Gasteiger partial charge in [0.05, 0.1) is 6.61 Å². The second-order valence-corrected chi connectivity index (χ2v) is 5.99. The Balaban J connectivity index is 1.95. The van der Waals surface area contributed by atoms with Crippen molar-refractivity contribution >= 4 is 5.91 Å². The zero-order chi connectivity index (χ0) is 14.4. The number of hydrogen-bond donors (Lipinski definition) is 2. The summed E-state index contributed by atoms with van der Waals surface area (Å²) in [5.41, 5.74) is 0.617. The number of carbonyl (C=O) groups excluding carboxylic acids is 1. The van der Waals surface area contributed by atoms with Crippen LogP contribution in [0, 0.1) is 5.41 Å². The van der Waals surface area contributed by atoms with Gasteiger partial charge in [0, 0.05) is 24.7 Å². The Morgan fingerprint density at radius 2 is 2.15 bits per heavy atom. The molecule has 0 aromatic carbocycles. The molecule has 1 saturated carbocycles. The molecular formula is C16H26N2O2. The summed E-state index contributed by atoms with van der Waals surface area (Å²) in [6.07, 6.45) is 8.54. The van der Waals surface area contributed by atoms with Gasteiger partial charge < -0.3 is 15.0 Å². The molecule has 112 valence electrons. The number of carbonyl (C=O) groups is 1. The average Bonchev–Trinajstić information content (AvgIpc) is 2.94. The molecule has 0 saturated heterocycles. The summed E-state index contributed by atoms with van der Waals surface area (Å²) in [5, 5.41) is 12.7. The van der Waals surface area contributed by atoms with Crippen molar-refractivity contribution in [3.8, 4) is 0 Å². The number of rotatable bonds is 6. The number of aliphatic hydroxyl groups excluding tert-OH is 1. The van der Waals surface area contributed by atoms with Gasteiger partial charge in [-0.2, -0.15) is 0 Å². The summed E-state index contributed by atoms with van der Waals surface area (Å²) in [6, 6.07) is 3.77. The zero-order valence-corrected chi connectivity index (χ0v) is 12.4. The Morgan fingerprint density at radius 1 is 1.40 bits per heavy atom. The molecule has 4 nitrogen and oxygen atoms in total. The number of aryl methyl sites for hydroxylation is 1. The molecule has 1 amide bonds. The zero-order valence-electron chi connectivity index (χ0n) is 12.4. The van der Waals surface area contributed by atoms with Crippen molar-refractivity contribution in [3.63, 3.8) is 0 Å². The number of aliphatic hydroxyl groups is 1. The first-order valence-corrected chi connectivity index (χ1v) is 7.75. The summed E-state index contributed by atoms with van der Waals surface area (Å²) in [4.78, 5) is 12.3. The molecule has 20 heavy (non-hydrogen) atoms. The summed E-state index contributed by atoms with van der Waals surface area (Å²) < 4.78 is 1.99. The van der Waals surface area contributed by atoms with E-state index in [1.807, 2.05) is 22.9 Å². The predicted molar refractivity (Wildman–Crippen MR) is 79.7 cm³/mol. The summed E-state index contributed by atoms with van der Waals surface area (Å²) in [5.74, 6) is -0.0261. The largest absolute Gasteiger partial charge is 0.396 e. The molecule has 1 aromatic rings. The minimum atomic E-state index is -0.101. The van der Waals surface area contributed by atoms with Crippen molar-refractivity contribution in [3.05, 3.63) is 24.0 Å². The van der Waals surface area contributed by atoms with Crippen LogP contribution in [0.2, 0.25) is 0 Å². The average molecular weight is 278 g/mol. The summed E-state index contributed by atoms with van der Waals surface area (Å²) in [6.45, 7) is 3.72. The van der Waals surface area contributed by atoms with Gasteiger partial charge in [0.1, 0.15) is 5.69 Å². The van der Waals surface area contributed by atoms with Gasteiger partial charge in [0.15, 0.2) is 0 Å². The van der Waals surface area contributed by atoms with Crippen LogP contribution in [0.4, 0.5) is 0 Å². The second kappa shape index (κ2) is 6.93. The molecule has 1 heterocycles. The molecular weight excluding hydrogens is 252 g/mol. The fourth-order valence-corrected chi connectivity index (χ4v) is 3.11. The minimum Gasteiger partial charge on any atom is -0.396 e. The van der Waals surface area contributed by atoms with Crippen LogP contribution in [-0.4, -0.2) is 28.7 Å². The Morgan fingerprint density at radius 3 is 2.80 bits per heavy atom. The van der Waals surface area contributed by atoms with Gasteiger partial charge in [-0.1, -0.05) is 26.2 Å². The first-order valence-electron chi connectivity index (χ1n) is 7.75. The van der Waals surface area contributed by atoms with E-state index in [2.05, 4.69) is 12.2 Å². The molecule has 4 heteroatoms. The summed E-state index contributed by atoms with van der Waals surface area (Å²) >= 11 is 0. The topological polar surface area (TPSA) is 54.3 Å². The van der Waals surface area contributed by atoms with Crippen molar-refractivity contribution in [2.75, 3.05) is 13.2 Å². The van der Waals surface area contributed by atoms with Crippen molar-refractivity contribution in [1.82, 2.24) is 9.88 Å². The molecule has 2 N–H and O–H groups in total. The van der Waals surface area contributed by atoms with E-state index in [1.54, 1.807) is 0 Å². The van der Waals surface area contributed by atoms with Gasteiger partial charge in [0.25, 0.3) is 5.91 Å². The van der Waals surface area contributed by atoms with E-state index in [9.17, 15) is 9.90 Å². The summed E-state index contributed by atoms with van der Waals surface area (Å²) in [7, 11) is 0. The van der Waals surface area contributed by atoms with E-state index in [0.717, 1.165) is 44.3 Å². The molecule has 0 spiro atoms. The van der Waals surface area contributed by atoms with Crippen LogP contribution < -0.4 is 5.32 Å². The fourth-order valence-electron chi connectivity index (χ4n) is 3.11. The maximum Gasteiger partial charge on any atom is 0.267 e. The standard InChI is InChI=1S/C16H26N2O2/c1-2-10-18-11-6-7-14(18)15(20)17-12-16(13-19)8-4-3-5-9-16/h6-7,11,19H,2-5,8-10,12-13H2,1H3,(H,17,20). The smallest absolute Gasteiger partial charge is 0.267 e. The lowest BCUT2D eigenvalue weighted by Gasteiger charge is -2.35. The van der Waals surface area contributed by atoms with Gasteiger partial charge in [-0.05, 0) is 31.4 Å². The molecule has 1 fully saturated rings. The third kappa shape index (κ3) is 3.42. The Labute approximate surface area is 121 Å². The van der Waals surface area contributed by atoms with Gasteiger partial charge in [-0.25, -0.2) is 0 Å². The molecule has 1 aromatic heterocycles. The molecule has 2 rings (SSSR count). The Hall–Kier alpha value is -1.29. The first-order chi connectivity index (χ1) is 9.71. The molecule has 1 aliphatic carbocycles. The second-order valence-electron chi connectivity index (χ2n) is 5.99. The SMILES string of the molecule is CCCn1cccc1C(=O)NCC1(CO)CCCCC1. The van der Waals surface area contributed by atoms with Crippen LogP contribution in [0.25, 0.3) is 0 Å². The molecule has 0 unspecified atom stereocenters. The monoisotopic (exact) mass is 278 g/mol. The number of nitrogens with one attached hydrogen (secondary N) is 1. The fraction of sp³-hybridized carbons (Fsp3) is 0.688. The lowest BCUT2D eigenvalue weighted by Crippen LogP contribution is -2.41. The number of hydrogen-bond acceptors (Lipinski definition) is 2. The van der Waals surface area contributed by atoms with Gasteiger partial charge in [0.2, 0.25) is 0 Å². The highest BCUT2D eigenvalue weighted by Crippen LogP contribution is 2.35. The third-order valence-electron chi connectivity index (χ3n) is 4.40. The van der Waals surface area contributed by atoms with Gasteiger partial charge in [-0.15, -0.1) is 0 Å². The number of nitrogens with zero attached hydrogens (tertiary/aromatic N) is 1. The molecule has 0 aliphatic heterocycles. The highest BCUT2D eigenvalue weighted by Gasteiger charge is 2.31. The number of amides is 1. The molecule has 0 atom stereocenters. The van der Waals surface area contributed by atoms with Crippen LogP contribution in [-0.2, 0) is 6.54 Å². The van der Waals surface area contributed by atoms with E-state index in [0.29, 0.717) is 6.54 Å². The van der Waals surface area contributed by atoms with E-state index in [-0.39, 0.29) is 17.9 Å². The van der Waals surface area contributed by atoms with Crippen LogP contribution in [0.5, 0.6) is 0 Å². The van der Waals surface area contributed by atoms with Crippen LogP contribution in [0.3, 0.4) is 0 Å². The normalized spacial score (nSPS) is 17.9. The van der Waals surface area contributed by atoms with E-state index < -0.39 is 0 Å². The molecule has 0 radical (unpaired) electrons. The lowest BCUT2D eigenvalue weighted by atomic mass is 9.74. The van der Waals surface area contributed by atoms with Gasteiger partial charge >= 0.3 is 0 Å². The maximum atomic E-state index is 12.3. The minimum absolute atomic E-state index is 0.0261. The predicted octanol–water partition coefficient (Wildman–Crippen LogP) is 2.57. The third-order valence-corrected chi connectivity index (χ3v) is 4.40. The molecule has 1 aliphatic rings. The van der Waals surface area contributed by atoms with Crippen LogP contribution >= 0.6 is 0 Å². The van der Waals surface area contributed by atoms with Crippen LogP contribution in [0.15, 0.2) is 18.3 Å². The molecule has 0 bridgehead atoms. The Bertz CT molecular complexity index is 433. The van der Waals surface area contributed by atoms with Crippen molar-refractivity contribution < 1.29 is 9.90 Å². The van der Waals surface area contributed by atoms with E-state index in [4.69, 9.17) is 0 Å². The van der Waals surface area contributed by atoms with Crippen LogP contribution in [0.1, 0.15) is 55.9 Å². The quantitative estimate of drug-likeness (QED) is 0.840. The van der Waals surface area contributed by atoms with E-state index >= 15 is 0 Å². The van der Waals surface area contributed by atoms with Crippen molar-refractivity contribution in [2.45, 2.75) is 52.0 Å². The van der Waals surface area contributed by atoms with E-state index in [1.165, 1.54) is 6.42 Å². The highest BCUT2D eigenvalue weighted by atomic mass is 16.3. The first kappa shape index (κ1) is 15.1. The van der Waals surface area contributed by atoms with Crippen molar-refractivity contribution in [1.29, 1.82) is 0 Å². The number of aromatic nitrogens is 1.